The Morgan fingerprint density at radius 3 is 0.947 bits per heavy atom. The van der Waals surface area contributed by atoms with Crippen molar-refractivity contribution in [1.29, 1.82) is 21.0 Å². The number of hydrogen-bond donors (Lipinski definition) is 0. The summed E-state index contributed by atoms with van der Waals surface area (Å²) in [7, 11) is 0. The molecule has 38 heavy (non-hydrogen) atoms. The fraction of sp³-hybridized carbons (Fsp3) is 0.0667. The first-order valence-corrected chi connectivity index (χ1v) is 11.3. The number of nitriles is 4. The van der Waals surface area contributed by atoms with Gasteiger partial charge in [-0.05, 0) is 77.2 Å². The summed E-state index contributed by atoms with van der Waals surface area (Å²) >= 11 is 0. The van der Waals surface area contributed by atoms with E-state index >= 15 is 0 Å². The van der Waals surface area contributed by atoms with Gasteiger partial charge in [-0.15, -0.1) is 21.0 Å². The molecule has 182 valence electrons. The van der Waals surface area contributed by atoms with Crippen molar-refractivity contribution in [2.24, 2.45) is 0 Å². The van der Waals surface area contributed by atoms with E-state index in [1.165, 1.54) is 0 Å². The Morgan fingerprint density at radius 1 is 0.421 bits per heavy atom. The third-order valence-electron chi connectivity index (χ3n) is 6.09. The van der Waals surface area contributed by atoms with Crippen LogP contribution in [0.4, 0.5) is 0 Å². The van der Waals surface area contributed by atoms with Crippen LogP contribution >= 0.6 is 0 Å². The lowest BCUT2D eigenvalue weighted by Gasteiger charge is -2.36. The topological polar surface area (TPSA) is 132 Å². The third-order valence-corrected chi connectivity index (χ3v) is 6.09. The highest BCUT2D eigenvalue weighted by Gasteiger charge is 2.37. The van der Waals surface area contributed by atoms with Gasteiger partial charge in [-0.3, -0.25) is 0 Å². The second-order valence-corrected chi connectivity index (χ2v) is 8.07. The minimum atomic E-state index is -0.779. The molecule has 0 spiro atoms. The number of nitrogens with zero attached hydrogens (tertiary/aromatic N) is 4. The van der Waals surface area contributed by atoms with Gasteiger partial charge in [0.1, 0.15) is 23.0 Å². The number of benzene rings is 4. The van der Waals surface area contributed by atoms with E-state index in [1.54, 1.807) is 73.6 Å². The van der Waals surface area contributed by atoms with Crippen LogP contribution in [-0.4, -0.2) is 0 Å². The van der Waals surface area contributed by atoms with Gasteiger partial charge >= 0.3 is 0 Å². The molecular weight excluding hydrogens is 480 g/mol. The van der Waals surface area contributed by atoms with Crippen LogP contribution in [-0.2, 0) is 11.8 Å². The van der Waals surface area contributed by atoms with E-state index in [9.17, 15) is 0 Å². The Labute approximate surface area is 219 Å². The Balaban J connectivity index is 1.94. The van der Waals surface area contributed by atoms with Crippen LogP contribution in [0.5, 0.6) is 23.0 Å². The third kappa shape index (κ3) is 5.31. The van der Waals surface area contributed by atoms with Crippen molar-refractivity contribution >= 4 is 0 Å². The summed E-state index contributed by atoms with van der Waals surface area (Å²) in [6.45, 7) is 0. The van der Waals surface area contributed by atoms with Crippen molar-refractivity contribution in [2.45, 2.75) is 11.8 Å². The van der Waals surface area contributed by atoms with Crippen molar-refractivity contribution in [3.63, 3.8) is 0 Å². The van der Waals surface area contributed by atoms with E-state index < -0.39 is 5.41 Å². The molecule has 0 heterocycles. The van der Waals surface area contributed by atoms with E-state index in [1.807, 2.05) is 48.5 Å². The van der Waals surface area contributed by atoms with Gasteiger partial charge < -0.3 is 18.9 Å². The van der Waals surface area contributed by atoms with Gasteiger partial charge in [-0.25, -0.2) is 0 Å². The fourth-order valence-electron chi connectivity index (χ4n) is 4.42. The molecule has 0 radical (unpaired) electrons. The largest absolute Gasteiger partial charge is 0.388 e. The second-order valence-electron chi connectivity index (χ2n) is 8.07. The summed E-state index contributed by atoms with van der Waals surface area (Å²) < 4.78 is 19.9. The molecule has 0 atom stereocenters. The molecule has 8 nitrogen and oxygen atoms in total. The van der Waals surface area contributed by atoms with Crippen molar-refractivity contribution in [3.05, 3.63) is 119 Å². The minimum absolute atomic E-state index is 0.402. The molecule has 0 fully saturated rings. The summed E-state index contributed by atoms with van der Waals surface area (Å²) in [5.74, 6) is 1.63. The summed E-state index contributed by atoms with van der Waals surface area (Å²) in [6, 6.07) is 28.9. The molecule has 0 amide bonds. The maximum atomic E-state index is 8.93. The Bertz CT molecular complexity index is 1410. The number of rotatable bonds is 9. The molecule has 4 aromatic rings. The van der Waals surface area contributed by atoms with E-state index in [4.69, 9.17) is 40.0 Å². The van der Waals surface area contributed by atoms with Gasteiger partial charge in [0.25, 0.3) is 25.0 Å². The van der Waals surface area contributed by atoms with Crippen LogP contribution in [0.15, 0.2) is 97.1 Å². The first-order chi connectivity index (χ1) is 18.6. The van der Waals surface area contributed by atoms with Crippen LogP contribution < -0.4 is 18.9 Å². The van der Waals surface area contributed by atoms with Gasteiger partial charge in [0, 0.05) is 5.41 Å². The molecule has 0 aromatic heterocycles. The first-order valence-electron chi connectivity index (χ1n) is 11.3. The number of ether oxygens (including phenoxy) is 4. The molecule has 0 unspecified atom stereocenters. The van der Waals surface area contributed by atoms with Gasteiger partial charge in [-0.1, -0.05) is 48.5 Å². The SMILES string of the molecule is N#COc1ccc(CC(c2ccc(OC#N)cc2)(c2ccc(OC#N)cc2)c2ccc(OC#N)cc2)cc1. The lowest BCUT2D eigenvalue weighted by atomic mass is 9.66. The van der Waals surface area contributed by atoms with E-state index in [0.29, 0.717) is 29.4 Å². The standard InChI is InChI=1S/C30H18N4O4/c31-18-35-26-9-1-22(2-10-26)17-30(23-3-11-27(12-4-23)36-19-32,24-5-13-28(14-6-24)37-20-33)25-7-15-29(16-8-25)38-21-34/h1-16H,17H2. The molecule has 0 aliphatic rings. The van der Waals surface area contributed by atoms with E-state index in [2.05, 4.69) is 0 Å². The van der Waals surface area contributed by atoms with Gasteiger partial charge in [-0.2, -0.15) is 0 Å². The Kier molecular flexibility index (Phi) is 7.71. The fourth-order valence-corrected chi connectivity index (χ4v) is 4.42. The quantitative estimate of drug-likeness (QED) is 0.212. The average Bonchev–Trinajstić information content (AvgIpc) is 2.95. The summed E-state index contributed by atoms with van der Waals surface area (Å²) in [5.41, 5.74) is 2.84. The molecule has 4 aromatic carbocycles. The predicted octanol–water partition coefficient (Wildman–Crippen LogP) is 5.70. The number of hydrogen-bond acceptors (Lipinski definition) is 8. The maximum Gasteiger partial charge on any atom is 0.292 e. The first kappa shape index (κ1) is 25.1. The zero-order chi connectivity index (χ0) is 26.8. The smallest absolute Gasteiger partial charge is 0.292 e. The maximum absolute atomic E-state index is 8.93. The highest BCUT2D eigenvalue weighted by atomic mass is 16.5. The normalized spacial score (nSPS) is 10.1. The molecular formula is C30H18N4O4. The molecule has 0 aliphatic carbocycles. The van der Waals surface area contributed by atoms with Crippen molar-refractivity contribution in [1.82, 2.24) is 0 Å². The summed E-state index contributed by atoms with van der Waals surface area (Å²) in [5, 5.41) is 35.6. The van der Waals surface area contributed by atoms with Crippen molar-refractivity contribution < 1.29 is 18.9 Å². The van der Waals surface area contributed by atoms with Crippen LogP contribution in [0.2, 0.25) is 0 Å². The van der Waals surface area contributed by atoms with Gasteiger partial charge in [0.15, 0.2) is 0 Å². The molecule has 8 heteroatoms. The summed E-state index contributed by atoms with van der Waals surface area (Å²) in [4.78, 5) is 0. The highest BCUT2D eigenvalue weighted by molar-refractivity contribution is 5.55. The Hall–Kier alpha value is -5.96. The molecule has 0 aliphatic heterocycles. The van der Waals surface area contributed by atoms with Crippen LogP contribution in [0.1, 0.15) is 22.3 Å². The summed E-state index contributed by atoms with van der Waals surface area (Å²) in [6.07, 6.45) is 7.20. The zero-order valence-electron chi connectivity index (χ0n) is 19.9. The van der Waals surface area contributed by atoms with E-state index in [0.717, 1.165) is 22.3 Å². The monoisotopic (exact) mass is 498 g/mol. The highest BCUT2D eigenvalue weighted by Crippen LogP contribution is 2.44. The lowest BCUT2D eigenvalue weighted by molar-refractivity contribution is 0.502. The van der Waals surface area contributed by atoms with Crippen LogP contribution in [0, 0.1) is 46.1 Å². The van der Waals surface area contributed by atoms with Crippen molar-refractivity contribution in [3.8, 4) is 48.0 Å². The second kappa shape index (κ2) is 11.6. The van der Waals surface area contributed by atoms with Gasteiger partial charge in [0.2, 0.25) is 0 Å². The molecule has 0 saturated heterocycles. The minimum Gasteiger partial charge on any atom is -0.388 e. The predicted molar refractivity (Wildman–Crippen MR) is 134 cm³/mol. The molecule has 0 N–H and O–H groups in total. The lowest BCUT2D eigenvalue weighted by Crippen LogP contribution is -2.32. The zero-order valence-corrected chi connectivity index (χ0v) is 19.9. The molecule has 0 bridgehead atoms. The Morgan fingerprint density at radius 2 is 0.684 bits per heavy atom. The van der Waals surface area contributed by atoms with Gasteiger partial charge in [0.05, 0.1) is 0 Å². The van der Waals surface area contributed by atoms with E-state index in [-0.39, 0.29) is 0 Å². The van der Waals surface area contributed by atoms with Crippen molar-refractivity contribution in [2.75, 3.05) is 0 Å². The molecule has 4 rings (SSSR count). The van der Waals surface area contributed by atoms with Crippen LogP contribution in [0.25, 0.3) is 0 Å². The van der Waals surface area contributed by atoms with Crippen LogP contribution in [0.3, 0.4) is 0 Å². The molecule has 0 saturated carbocycles. The average molecular weight is 498 g/mol.